The Hall–Kier alpha value is -2.04. The molecule has 2 aromatic rings. The minimum atomic E-state index is -0.474. The van der Waals surface area contributed by atoms with Crippen LogP contribution >= 0.6 is 11.6 Å². The average Bonchev–Trinajstić information content (AvgIpc) is 2.43. The summed E-state index contributed by atoms with van der Waals surface area (Å²) in [7, 11) is 1.99. The van der Waals surface area contributed by atoms with Gasteiger partial charge in [0.15, 0.2) is 0 Å². The zero-order chi connectivity index (χ0) is 15.4. The molecule has 0 saturated heterocycles. The first-order chi connectivity index (χ1) is 9.97. The quantitative estimate of drug-likeness (QED) is 0.834. The Bertz CT molecular complexity index is 658. The monoisotopic (exact) mass is 303 g/mol. The van der Waals surface area contributed by atoms with Gasteiger partial charge in [0.25, 0.3) is 0 Å². The average molecular weight is 304 g/mol. The molecule has 5 heteroatoms. The smallest absolute Gasteiger partial charge is 0.248 e. The van der Waals surface area contributed by atoms with E-state index in [1.807, 2.05) is 37.4 Å². The molecule has 4 nitrogen and oxygen atoms in total. The summed E-state index contributed by atoms with van der Waals surface area (Å²) >= 11 is 6.16. The van der Waals surface area contributed by atoms with Gasteiger partial charge < -0.3 is 11.5 Å². The van der Waals surface area contributed by atoms with Crippen LogP contribution in [0.15, 0.2) is 42.5 Å². The highest BCUT2D eigenvalue weighted by Gasteiger charge is 2.09. The number of rotatable bonds is 5. The van der Waals surface area contributed by atoms with E-state index in [-0.39, 0.29) is 0 Å². The Morgan fingerprint density at radius 1 is 1.14 bits per heavy atom. The Kier molecular flexibility index (Phi) is 4.83. The SMILES string of the molecule is CN(Cc1ccc(C(N)=O)cc1N)Cc1ccccc1Cl. The highest BCUT2D eigenvalue weighted by atomic mass is 35.5. The van der Waals surface area contributed by atoms with Gasteiger partial charge in [-0.3, -0.25) is 9.69 Å². The van der Waals surface area contributed by atoms with Crippen molar-refractivity contribution in [3.8, 4) is 0 Å². The number of primary amides is 1. The van der Waals surface area contributed by atoms with Crippen LogP contribution in [0.4, 0.5) is 5.69 Å². The molecule has 0 spiro atoms. The van der Waals surface area contributed by atoms with E-state index in [9.17, 15) is 4.79 Å². The van der Waals surface area contributed by atoms with Crippen LogP contribution in [0.1, 0.15) is 21.5 Å². The van der Waals surface area contributed by atoms with E-state index in [0.29, 0.717) is 17.8 Å². The number of amides is 1. The van der Waals surface area contributed by atoms with Crippen molar-refractivity contribution in [1.82, 2.24) is 4.90 Å². The van der Waals surface area contributed by atoms with Gasteiger partial charge in [-0.2, -0.15) is 0 Å². The zero-order valence-corrected chi connectivity index (χ0v) is 12.6. The normalized spacial score (nSPS) is 10.8. The lowest BCUT2D eigenvalue weighted by atomic mass is 10.1. The Labute approximate surface area is 129 Å². The Morgan fingerprint density at radius 2 is 1.81 bits per heavy atom. The number of nitrogen functional groups attached to an aromatic ring is 1. The van der Waals surface area contributed by atoms with Crippen LogP contribution in [0.25, 0.3) is 0 Å². The van der Waals surface area contributed by atoms with Gasteiger partial charge in [0.2, 0.25) is 5.91 Å². The largest absolute Gasteiger partial charge is 0.398 e. The number of anilines is 1. The first kappa shape index (κ1) is 15.4. The third kappa shape index (κ3) is 3.97. The summed E-state index contributed by atoms with van der Waals surface area (Å²) < 4.78 is 0. The maximum absolute atomic E-state index is 11.1. The molecule has 0 unspecified atom stereocenters. The second-order valence-electron chi connectivity index (χ2n) is 5.04. The number of hydrogen-bond donors (Lipinski definition) is 2. The topological polar surface area (TPSA) is 72.3 Å². The van der Waals surface area contributed by atoms with Gasteiger partial charge in [-0.15, -0.1) is 0 Å². The van der Waals surface area contributed by atoms with E-state index in [4.69, 9.17) is 23.1 Å². The molecule has 2 aromatic carbocycles. The molecule has 0 atom stereocenters. The van der Waals surface area contributed by atoms with E-state index < -0.39 is 5.91 Å². The summed E-state index contributed by atoms with van der Waals surface area (Å²) in [5, 5.41) is 0.751. The van der Waals surface area contributed by atoms with Gasteiger partial charge in [-0.25, -0.2) is 0 Å². The van der Waals surface area contributed by atoms with Crippen molar-refractivity contribution in [3.63, 3.8) is 0 Å². The molecular formula is C16H18ClN3O. The van der Waals surface area contributed by atoms with E-state index in [1.165, 1.54) is 0 Å². The van der Waals surface area contributed by atoms with Crippen LogP contribution in [0.2, 0.25) is 5.02 Å². The molecule has 21 heavy (non-hydrogen) atoms. The van der Waals surface area contributed by atoms with Crippen molar-refractivity contribution in [2.45, 2.75) is 13.1 Å². The van der Waals surface area contributed by atoms with Gasteiger partial charge in [0, 0.05) is 29.4 Å². The molecule has 1 amide bonds. The molecular weight excluding hydrogens is 286 g/mol. The van der Waals surface area contributed by atoms with Crippen molar-refractivity contribution in [3.05, 3.63) is 64.2 Å². The fourth-order valence-corrected chi connectivity index (χ4v) is 2.35. The van der Waals surface area contributed by atoms with Crippen LogP contribution < -0.4 is 11.5 Å². The van der Waals surface area contributed by atoms with Crippen molar-refractivity contribution in [2.75, 3.05) is 12.8 Å². The standard InChI is InChI=1S/C16H18ClN3O/c1-20(9-12-4-2-3-5-14(12)17)10-13-7-6-11(16(19)21)8-15(13)18/h2-8H,9-10,18H2,1H3,(H2,19,21). The van der Waals surface area contributed by atoms with Crippen molar-refractivity contribution >= 4 is 23.2 Å². The number of benzene rings is 2. The molecule has 4 N–H and O–H groups in total. The minimum Gasteiger partial charge on any atom is -0.398 e. The number of nitrogens with two attached hydrogens (primary N) is 2. The highest BCUT2D eigenvalue weighted by molar-refractivity contribution is 6.31. The summed E-state index contributed by atoms with van der Waals surface area (Å²) in [5.74, 6) is -0.474. The van der Waals surface area contributed by atoms with E-state index in [0.717, 1.165) is 22.7 Å². The predicted molar refractivity (Wildman–Crippen MR) is 86.0 cm³/mol. The van der Waals surface area contributed by atoms with Crippen LogP contribution in [-0.4, -0.2) is 17.9 Å². The third-order valence-corrected chi connectivity index (χ3v) is 3.64. The summed E-state index contributed by atoms with van der Waals surface area (Å²) in [5.41, 5.74) is 14.2. The fraction of sp³-hybridized carbons (Fsp3) is 0.188. The fourth-order valence-electron chi connectivity index (χ4n) is 2.16. The zero-order valence-electron chi connectivity index (χ0n) is 11.8. The molecule has 0 fully saturated rings. The van der Waals surface area contributed by atoms with Gasteiger partial charge in [-0.1, -0.05) is 35.9 Å². The predicted octanol–water partition coefficient (Wildman–Crippen LogP) is 2.65. The summed E-state index contributed by atoms with van der Waals surface area (Å²) in [6.07, 6.45) is 0. The number of nitrogens with zero attached hydrogens (tertiary/aromatic N) is 1. The molecule has 0 saturated carbocycles. The number of carbonyl (C=O) groups is 1. The molecule has 0 radical (unpaired) electrons. The molecule has 0 heterocycles. The summed E-state index contributed by atoms with van der Waals surface area (Å²) in [6, 6.07) is 12.9. The maximum Gasteiger partial charge on any atom is 0.248 e. The van der Waals surface area contributed by atoms with Crippen LogP contribution in [-0.2, 0) is 13.1 Å². The number of hydrogen-bond acceptors (Lipinski definition) is 3. The van der Waals surface area contributed by atoms with Gasteiger partial charge in [0.05, 0.1) is 0 Å². The van der Waals surface area contributed by atoms with E-state index in [2.05, 4.69) is 4.90 Å². The molecule has 110 valence electrons. The van der Waals surface area contributed by atoms with Crippen molar-refractivity contribution in [1.29, 1.82) is 0 Å². The second kappa shape index (κ2) is 6.61. The van der Waals surface area contributed by atoms with Crippen molar-refractivity contribution < 1.29 is 4.79 Å². The molecule has 0 aromatic heterocycles. The molecule has 0 aliphatic heterocycles. The third-order valence-electron chi connectivity index (χ3n) is 3.27. The number of halogens is 1. The first-order valence-corrected chi connectivity index (χ1v) is 6.95. The molecule has 2 rings (SSSR count). The Morgan fingerprint density at radius 3 is 2.43 bits per heavy atom. The van der Waals surface area contributed by atoms with E-state index >= 15 is 0 Å². The molecule has 0 aliphatic rings. The number of carbonyl (C=O) groups excluding carboxylic acids is 1. The summed E-state index contributed by atoms with van der Waals surface area (Å²) in [4.78, 5) is 13.2. The maximum atomic E-state index is 11.1. The van der Waals surface area contributed by atoms with Gasteiger partial charge >= 0.3 is 0 Å². The molecule has 0 bridgehead atoms. The van der Waals surface area contributed by atoms with Crippen LogP contribution in [0, 0.1) is 0 Å². The van der Waals surface area contributed by atoms with Crippen LogP contribution in [0.5, 0.6) is 0 Å². The highest BCUT2D eigenvalue weighted by Crippen LogP contribution is 2.20. The Balaban J connectivity index is 2.08. The summed E-state index contributed by atoms with van der Waals surface area (Å²) in [6.45, 7) is 1.38. The van der Waals surface area contributed by atoms with Crippen molar-refractivity contribution in [2.24, 2.45) is 5.73 Å². The van der Waals surface area contributed by atoms with Crippen LogP contribution in [0.3, 0.4) is 0 Å². The van der Waals surface area contributed by atoms with Gasteiger partial charge in [-0.05, 0) is 36.4 Å². The van der Waals surface area contributed by atoms with E-state index in [1.54, 1.807) is 12.1 Å². The lowest BCUT2D eigenvalue weighted by molar-refractivity contribution is 0.100. The molecule has 0 aliphatic carbocycles. The lowest BCUT2D eigenvalue weighted by Crippen LogP contribution is -2.19. The minimum absolute atomic E-state index is 0.421. The van der Waals surface area contributed by atoms with Gasteiger partial charge in [0.1, 0.15) is 0 Å². The first-order valence-electron chi connectivity index (χ1n) is 6.57. The lowest BCUT2D eigenvalue weighted by Gasteiger charge is -2.19. The second-order valence-corrected chi connectivity index (χ2v) is 5.45.